The standard InChI is InChI=1S/C27H28N2O5/c1-18-12-13-22(34-18)25(30)23-24(29(15-14-28(2)3)27(32)26(23)31)20-10-7-11-21(16-20)33-17-19-8-5-4-6-9-19/h4-13,16,24,31H,14-15,17H2,1-3H3/p+1/t24-/m0/s1. The number of aryl methyl sites for hydroxylation is 1. The number of rotatable bonds is 9. The Morgan fingerprint density at radius 2 is 1.85 bits per heavy atom. The molecule has 0 saturated carbocycles. The second-order valence-corrected chi connectivity index (χ2v) is 8.71. The van der Waals surface area contributed by atoms with Gasteiger partial charge in [0.2, 0.25) is 5.78 Å². The van der Waals surface area contributed by atoms with Gasteiger partial charge in [-0.05, 0) is 42.3 Å². The number of hydrogen-bond acceptors (Lipinski definition) is 5. The molecular weight excluding hydrogens is 432 g/mol. The second kappa shape index (κ2) is 9.97. The van der Waals surface area contributed by atoms with Gasteiger partial charge in [0.15, 0.2) is 11.5 Å². The van der Waals surface area contributed by atoms with E-state index in [0.29, 0.717) is 36.8 Å². The molecular formula is C27H29N2O5+. The zero-order valence-electron chi connectivity index (χ0n) is 19.6. The number of carbonyl (C=O) groups excluding carboxylic acids is 2. The number of hydrogen-bond donors (Lipinski definition) is 2. The van der Waals surface area contributed by atoms with Crippen LogP contribution in [0.25, 0.3) is 0 Å². The molecule has 0 radical (unpaired) electrons. The van der Waals surface area contributed by atoms with Crippen LogP contribution in [0.3, 0.4) is 0 Å². The van der Waals surface area contributed by atoms with Gasteiger partial charge in [0.1, 0.15) is 18.1 Å². The fourth-order valence-electron chi connectivity index (χ4n) is 4.01. The SMILES string of the molecule is Cc1ccc(C(=O)C2=C(O)C(=O)N(CC[NH+](C)C)[C@H]2c2cccc(OCc3ccccc3)c2)o1. The van der Waals surface area contributed by atoms with Crippen molar-refractivity contribution in [3.05, 3.63) is 101 Å². The van der Waals surface area contributed by atoms with E-state index in [0.717, 1.165) is 10.5 Å². The second-order valence-electron chi connectivity index (χ2n) is 8.71. The highest BCUT2D eigenvalue weighted by Gasteiger charge is 2.44. The molecule has 1 aliphatic rings. The van der Waals surface area contributed by atoms with Crippen molar-refractivity contribution < 1.29 is 28.7 Å². The summed E-state index contributed by atoms with van der Waals surface area (Å²) in [4.78, 5) is 29.1. The Bertz CT molecular complexity index is 1210. The first kappa shape index (κ1) is 23.3. The third kappa shape index (κ3) is 4.89. The summed E-state index contributed by atoms with van der Waals surface area (Å²) in [5.41, 5.74) is 1.73. The largest absolute Gasteiger partial charge is 0.503 e. The fraction of sp³-hybridized carbons (Fsp3) is 0.259. The highest BCUT2D eigenvalue weighted by atomic mass is 16.5. The lowest BCUT2D eigenvalue weighted by atomic mass is 9.95. The monoisotopic (exact) mass is 461 g/mol. The molecule has 0 fully saturated rings. The molecule has 2 aromatic carbocycles. The summed E-state index contributed by atoms with van der Waals surface area (Å²) in [5, 5.41) is 10.8. The van der Waals surface area contributed by atoms with E-state index in [1.54, 1.807) is 24.0 Å². The average Bonchev–Trinajstić information content (AvgIpc) is 3.38. The predicted molar refractivity (Wildman–Crippen MR) is 127 cm³/mol. The molecule has 1 aromatic heterocycles. The van der Waals surface area contributed by atoms with Crippen LogP contribution in [0.1, 0.15) is 33.5 Å². The molecule has 7 nitrogen and oxygen atoms in total. The minimum atomic E-state index is -0.745. The zero-order valence-corrected chi connectivity index (χ0v) is 19.6. The van der Waals surface area contributed by atoms with Gasteiger partial charge in [-0.25, -0.2) is 0 Å². The molecule has 0 aliphatic carbocycles. The third-order valence-corrected chi connectivity index (χ3v) is 5.79. The van der Waals surface area contributed by atoms with Crippen molar-refractivity contribution >= 4 is 11.7 Å². The number of aliphatic hydroxyl groups is 1. The van der Waals surface area contributed by atoms with Crippen molar-refractivity contribution in [1.29, 1.82) is 0 Å². The van der Waals surface area contributed by atoms with Crippen molar-refractivity contribution in [3.63, 3.8) is 0 Å². The third-order valence-electron chi connectivity index (χ3n) is 5.79. The summed E-state index contributed by atoms with van der Waals surface area (Å²) in [7, 11) is 3.97. The Hall–Kier alpha value is -3.84. The van der Waals surface area contributed by atoms with Crippen molar-refractivity contribution in [3.8, 4) is 5.75 Å². The molecule has 0 spiro atoms. The quantitative estimate of drug-likeness (QED) is 0.479. The summed E-state index contributed by atoms with van der Waals surface area (Å²) in [6.45, 7) is 3.15. The maximum atomic E-state index is 13.4. The number of amides is 1. The van der Waals surface area contributed by atoms with Gasteiger partial charge in [-0.1, -0.05) is 42.5 Å². The van der Waals surface area contributed by atoms with Gasteiger partial charge >= 0.3 is 0 Å². The molecule has 1 amide bonds. The number of nitrogens with zero attached hydrogens (tertiary/aromatic N) is 1. The van der Waals surface area contributed by atoms with Crippen LogP contribution >= 0.6 is 0 Å². The van der Waals surface area contributed by atoms with E-state index in [2.05, 4.69) is 0 Å². The number of furan rings is 1. The van der Waals surface area contributed by atoms with Gasteiger partial charge in [-0.15, -0.1) is 0 Å². The molecule has 176 valence electrons. The topological polar surface area (TPSA) is 84.4 Å². The zero-order chi connectivity index (χ0) is 24.2. The Morgan fingerprint density at radius 3 is 2.53 bits per heavy atom. The average molecular weight is 462 g/mol. The number of quaternary nitrogens is 1. The number of Topliss-reactive ketones (excluding diaryl/α,β-unsaturated/α-hetero) is 1. The molecule has 34 heavy (non-hydrogen) atoms. The van der Waals surface area contributed by atoms with Crippen LogP contribution in [-0.2, 0) is 11.4 Å². The molecule has 0 unspecified atom stereocenters. The minimum absolute atomic E-state index is 0.0216. The van der Waals surface area contributed by atoms with Gasteiger partial charge in [0.05, 0.1) is 38.8 Å². The van der Waals surface area contributed by atoms with Crippen LogP contribution in [0.15, 0.2) is 82.5 Å². The summed E-state index contributed by atoms with van der Waals surface area (Å²) in [6, 6.07) is 19.6. The van der Waals surface area contributed by atoms with Crippen molar-refractivity contribution in [2.45, 2.75) is 19.6 Å². The van der Waals surface area contributed by atoms with Crippen LogP contribution in [0.4, 0.5) is 0 Å². The molecule has 0 bridgehead atoms. The smallest absolute Gasteiger partial charge is 0.290 e. The molecule has 4 rings (SSSR count). The van der Waals surface area contributed by atoms with E-state index in [1.165, 1.54) is 0 Å². The molecule has 3 aromatic rings. The van der Waals surface area contributed by atoms with Gasteiger partial charge in [-0.2, -0.15) is 0 Å². The molecule has 1 aliphatic heterocycles. The lowest BCUT2D eigenvalue weighted by molar-refractivity contribution is -0.857. The normalized spacial score (nSPS) is 15.9. The lowest BCUT2D eigenvalue weighted by Crippen LogP contribution is -3.06. The molecule has 0 saturated heterocycles. The highest BCUT2D eigenvalue weighted by molar-refractivity contribution is 6.15. The van der Waals surface area contributed by atoms with Gasteiger partial charge in [-0.3, -0.25) is 9.59 Å². The van der Waals surface area contributed by atoms with Crippen LogP contribution < -0.4 is 9.64 Å². The van der Waals surface area contributed by atoms with Gasteiger partial charge in [0, 0.05) is 0 Å². The molecule has 2 heterocycles. The number of carbonyl (C=O) groups is 2. The fourth-order valence-corrected chi connectivity index (χ4v) is 4.01. The van der Waals surface area contributed by atoms with Crippen molar-refractivity contribution in [2.75, 3.05) is 27.2 Å². The van der Waals surface area contributed by atoms with Crippen molar-refractivity contribution in [2.24, 2.45) is 0 Å². The first-order valence-electron chi connectivity index (χ1n) is 11.3. The number of ketones is 1. The summed E-state index contributed by atoms with van der Waals surface area (Å²) >= 11 is 0. The van der Waals surface area contributed by atoms with Gasteiger partial charge in [0.25, 0.3) is 5.91 Å². The van der Waals surface area contributed by atoms with E-state index in [-0.39, 0.29) is 11.3 Å². The predicted octanol–water partition coefficient (Wildman–Crippen LogP) is 2.89. The lowest BCUT2D eigenvalue weighted by Gasteiger charge is -2.27. The van der Waals surface area contributed by atoms with Crippen molar-refractivity contribution in [1.82, 2.24) is 4.90 Å². The van der Waals surface area contributed by atoms with E-state index >= 15 is 0 Å². The Balaban J connectivity index is 1.68. The number of benzene rings is 2. The van der Waals surface area contributed by atoms with Gasteiger partial charge < -0.3 is 24.1 Å². The maximum absolute atomic E-state index is 13.4. The van der Waals surface area contributed by atoms with Crippen LogP contribution in [0, 0.1) is 6.92 Å². The number of nitrogens with one attached hydrogen (secondary N) is 1. The maximum Gasteiger partial charge on any atom is 0.290 e. The first-order chi connectivity index (χ1) is 16.3. The summed E-state index contributed by atoms with van der Waals surface area (Å²) < 4.78 is 11.5. The van der Waals surface area contributed by atoms with E-state index in [9.17, 15) is 14.7 Å². The number of ether oxygens (including phenoxy) is 1. The van der Waals surface area contributed by atoms with E-state index in [1.807, 2.05) is 68.7 Å². The van der Waals surface area contributed by atoms with Crippen LogP contribution in [0.5, 0.6) is 5.75 Å². The first-order valence-corrected chi connectivity index (χ1v) is 11.3. The van der Waals surface area contributed by atoms with Crippen LogP contribution in [-0.4, -0.2) is 48.9 Å². The highest BCUT2D eigenvalue weighted by Crippen LogP contribution is 2.39. The minimum Gasteiger partial charge on any atom is -0.503 e. The Morgan fingerprint density at radius 1 is 1.09 bits per heavy atom. The summed E-state index contributed by atoms with van der Waals surface area (Å²) in [6.07, 6.45) is 0. The van der Waals surface area contributed by atoms with E-state index < -0.39 is 23.5 Å². The molecule has 2 N–H and O–H groups in total. The number of likely N-dealkylation sites (N-methyl/N-ethyl adjacent to an activating group) is 1. The Kier molecular flexibility index (Phi) is 6.84. The summed E-state index contributed by atoms with van der Waals surface area (Å²) in [5.74, 6) is -0.317. The Labute approximate surface area is 198 Å². The van der Waals surface area contributed by atoms with Crippen LogP contribution in [0.2, 0.25) is 0 Å². The van der Waals surface area contributed by atoms with E-state index in [4.69, 9.17) is 9.15 Å². The molecule has 7 heteroatoms. The molecule has 1 atom stereocenters. The number of aliphatic hydroxyl groups excluding tert-OH is 1.